The highest BCUT2D eigenvalue weighted by atomic mass is 19.1. The summed E-state index contributed by atoms with van der Waals surface area (Å²) in [5.41, 5.74) is 8.32. The minimum absolute atomic E-state index is 0.173. The van der Waals surface area contributed by atoms with Gasteiger partial charge in [0.2, 0.25) is 0 Å². The van der Waals surface area contributed by atoms with E-state index in [1.54, 1.807) is 12.1 Å². The fraction of sp³-hybridized carbons (Fsp3) is 0.294. The van der Waals surface area contributed by atoms with Gasteiger partial charge in [-0.25, -0.2) is 4.39 Å². The second-order valence-electron chi connectivity index (χ2n) is 5.31. The summed E-state index contributed by atoms with van der Waals surface area (Å²) in [6.45, 7) is 0.581. The average Bonchev–Trinajstić information content (AvgIpc) is 3.21. The molecule has 2 aromatic rings. The molecule has 0 radical (unpaired) electrons. The van der Waals surface area contributed by atoms with Crippen LogP contribution >= 0.6 is 0 Å². The maximum Gasteiger partial charge on any atom is 0.123 e. The Morgan fingerprint density at radius 3 is 2.58 bits per heavy atom. The molecule has 3 rings (SSSR count). The Morgan fingerprint density at radius 1 is 1.11 bits per heavy atom. The maximum absolute atomic E-state index is 13.3. The van der Waals surface area contributed by atoms with Crippen molar-refractivity contribution in [1.29, 1.82) is 0 Å². The molecule has 1 nitrogen and oxygen atoms in total. The van der Waals surface area contributed by atoms with Crippen molar-refractivity contribution in [3.05, 3.63) is 71.5 Å². The predicted octanol–water partition coefficient (Wildman–Crippen LogP) is 3.67. The molecule has 0 bridgehead atoms. The first-order valence-electron chi connectivity index (χ1n) is 6.80. The van der Waals surface area contributed by atoms with Crippen LogP contribution in [0.15, 0.2) is 54.6 Å². The first kappa shape index (κ1) is 12.4. The highest BCUT2D eigenvalue weighted by Gasteiger charge is 2.43. The molecule has 2 heteroatoms. The minimum atomic E-state index is -0.173. The Morgan fingerprint density at radius 2 is 1.89 bits per heavy atom. The molecule has 3 atom stereocenters. The van der Waals surface area contributed by atoms with Crippen LogP contribution in [0.4, 0.5) is 4.39 Å². The Labute approximate surface area is 113 Å². The van der Waals surface area contributed by atoms with E-state index < -0.39 is 0 Å². The third kappa shape index (κ3) is 2.54. The van der Waals surface area contributed by atoms with E-state index in [2.05, 4.69) is 24.3 Å². The summed E-state index contributed by atoms with van der Waals surface area (Å²) >= 11 is 0. The van der Waals surface area contributed by atoms with E-state index in [4.69, 9.17) is 5.73 Å². The Bertz CT molecular complexity index is 552. The van der Waals surface area contributed by atoms with Gasteiger partial charge in [0.05, 0.1) is 0 Å². The lowest BCUT2D eigenvalue weighted by Crippen LogP contribution is -2.15. The predicted molar refractivity (Wildman–Crippen MR) is 75.5 cm³/mol. The molecule has 3 unspecified atom stereocenters. The van der Waals surface area contributed by atoms with E-state index in [9.17, 15) is 4.39 Å². The van der Waals surface area contributed by atoms with Crippen molar-refractivity contribution in [1.82, 2.24) is 0 Å². The summed E-state index contributed by atoms with van der Waals surface area (Å²) in [5, 5.41) is 0. The molecule has 1 aliphatic carbocycles. The lowest BCUT2D eigenvalue weighted by molar-refractivity contribution is 0.584. The van der Waals surface area contributed by atoms with Gasteiger partial charge in [0.15, 0.2) is 0 Å². The van der Waals surface area contributed by atoms with Gasteiger partial charge in [-0.3, -0.25) is 0 Å². The largest absolute Gasteiger partial charge is 0.330 e. The van der Waals surface area contributed by atoms with Gasteiger partial charge in [-0.15, -0.1) is 0 Å². The lowest BCUT2D eigenvalue weighted by atomic mass is 9.92. The van der Waals surface area contributed by atoms with E-state index in [1.807, 2.05) is 12.1 Å². The molecular formula is C17H18FN. The monoisotopic (exact) mass is 255 g/mol. The Hall–Kier alpha value is -1.67. The molecular weight excluding hydrogens is 237 g/mol. The summed E-state index contributed by atoms with van der Waals surface area (Å²) in [5.74, 6) is 1.22. The van der Waals surface area contributed by atoms with Gasteiger partial charge in [0, 0.05) is 0 Å². The number of hydrogen-bond donors (Lipinski definition) is 1. The molecule has 0 spiro atoms. The standard InChI is InChI=1S/C17H18FN/c18-14-8-4-7-13(9-14)17(11-19)16-10-15(16)12-5-2-1-3-6-12/h1-9,15-17H,10-11,19H2. The third-order valence-electron chi connectivity index (χ3n) is 4.12. The van der Waals surface area contributed by atoms with Gasteiger partial charge in [-0.2, -0.15) is 0 Å². The highest BCUT2D eigenvalue weighted by molar-refractivity contribution is 5.31. The number of benzene rings is 2. The van der Waals surface area contributed by atoms with Crippen molar-refractivity contribution < 1.29 is 4.39 Å². The van der Waals surface area contributed by atoms with Crippen LogP contribution in [0.5, 0.6) is 0 Å². The number of nitrogens with two attached hydrogens (primary N) is 1. The highest BCUT2D eigenvalue weighted by Crippen LogP contribution is 2.54. The van der Waals surface area contributed by atoms with Crippen LogP contribution in [0.25, 0.3) is 0 Å². The van der Waals surface area contributed by atoms with E-state index in [-0.39, 0.29) is 11.7 Å². The second-order valence-corrected chi connectivity index (χ2v) is 5.31. The summed E-state index contributed by atoms with van der Waals surface area (Å²) < 4.78 is 13.3. The molecule has 0 aliphatic heterocycles. The van der Waals surface area contributed by atoms with Crippen molar-refractivity contribution in [2.45, 2.75) is 18.3 Å². The summed E-state index contributed by atoms with van der Waals surface area (Å²) in [4.78, 5) is 0. The summed E-state index contributed by atoms with van der Waals surface area (Å²) in [6, 6.07) is 17.4. The molecule has 19 heavy (non-hydrogen) atoms. The van der Waals surface area contributed by atoms with Gasteiger partial charge < -0.3 is 5.73 Å². The van der Waals surface area contributed by atoms with Gasteiger partial charge in [-0.1, -0.05) is 42.5 Å². The molecule has 0 aromatic heterocycles. The number of rotatable bonds is 4. The molecule has 98 valence electrons. The van der Waals surface area contributed by atoms with Gasteiger partial charge >= 0.3 is 0 Å². The normalized spacial score (nSPS) is 23.1. The quantitative estimate of drug-likeness (QED) is 0.886. The van der Waals surface area contributed by atoms with Crippen LogP contribution in [0.2, 0.25) is 0 Å². The number of hydrogen-bond acceptors (Lipinski definition) is 1. The van der Waals surface area contributed by atoms with E-state index >= 15 is 0 Å². The topological polar surface area (TPSA) is 26.0 Å². The van der Waals surface area contributed by atoms with Crippen molar-refractivity contribution >= 4 is 0 Å². The summed E-state index contributed by atoms with van der Waals surface area (Å²) in [6.07, 6.45) is 1.16. The molecule has 0 amide bonds. The van der Waals surface area contributed by atoms with Crippen molar-refractivity contribution in [3.8, 4) is 0 Å². The molecule has 1 fully saturated rings. The van der Waals surface area contributed by atoms with E-state index in [0.29, 0.717) is 18.4 Å². The number of halogens is 1. The first-order valence-corrected chi connectivity index (χ1v) is 6.80. The van der Waals surface area contributed by atoms with Crippen molar-refractivity contribution in [2.24, 2.45) is 11.7 Å². The van der Waals surface area contributed by atoms with Crippen LogP contribution in [-0.4, -0.2) is 6.54 Å². The second kappa shape index (κ2) is 5.14. The lowest BCUT2D eigenvalue weighted by Gasteiger charge is -2.15. The smallest absolute Gasteiger partial charge is 0.123 e. The Balaban J connectivity index is 1.79. The van der Waals surface area contributed by atoms with Crippen LogP contribution in [-0.2, 0) is 0 Å². The maximum atomic E-state index is 13.3. The minimum Gasteiger partial charge on any atom is -0.330 e. The average molecular weight is 255 g/mol. The van der Waals surface area contributed by atoms with Crippen LogP contribution in [0, 0.1) is 11.7 Å². The molecule has 0 heterocycles. The van der Waals surface area contributed by atoms with Crippen molar-refractivity contribution in [2.75, 3.05) is 6.54 Å². The SMILES string of the molecule is NCC(c1cccc(F)c1)C1CC1c1ccccc1. The zero-order valence-corrected chi connectivity index (χ0v) is 10.8. The van der Waals surface area contributed by atoms with E-state index in [1.165, 1.54) is 11.6 Å². The molecule has 2 aromatic carbocycles. The van der Waals surface area contributed by atoms with Crippen LogP contribution in [0.3, 0.4) is 0 Å². The Kier molecular flexibility index (Phi) is 3.34. The molecule has 0 saturated heterocycles. The van der Waals surface area contributed by atoms with Crippen LogP contribution in [0.1, 0.15) is 29.4 Å². The molecule has 1 aliphatic rings. The fourth-order valence-corrected chi connectivity index (χ4v) is 3.04. The van der Waals surface area contributed by atoms with E-state index in [0.717, 1.165) is 12.0 Å². The zero-order valence-electron chi connectivity index (χ0n) is 10.8. The first-order chi connectivity index (χ1) is 9.29. The zero-order chi connectivity index (χ0) is 13.2. The summed E-state index contributed by atoms with van der Waals surface area (Å²) in [7, 11) is 0. The third-order valence-corrected chi connectivity index (χ3v) is 4.12. The molecule has 1 saturated carbocycles. The van der Waals surface area contributed by atoms with Gasteiger partial charge in [0.25, 0.3) is 0 Å². The van der Waals surface area contributed by atoms with Crippen LogP contribution < -0.4 is 5.73 Å². The van der Waals surface area contributed by atoms with Gasteiger partial charge in [0.1, 0.15) is 5.82 Å². The van der Waals surface area contributed by atoms with Crippen molar-refractivity contribution in [3.63, 3.8) is 0 Å². The molecule has 2 N–H and O–H groups in total. The van der Waals surface area contributed by atoms with Gasteiger partial charge in [-0.05, 0) is 54.0 Å². The fourth-order valence-electron chi connectivity index (χ4n) is 3.04.